The molecule has 0 atom stereocenters. The third kappa shape index (κ3) is 3.71. The van der Waals surface area contributed by atoms with Gasteiger partial charge in [-0.1, -0.05) is 24.6 Å². The van der Waals surface area contributed by atoms with Gasteiger partial charge >= 0.3 is 0 Å². The molecule has 0 bridgehead atoms. The maximum Gasteiger partial charge on any atom is 0.166 e. The van der Waals surface area contributed by atoms with Crippen LogP contribution in [0, 0.1) is 12.7 Å². The highest BCUT2D eigenvalue weighted by Crippen LogP contribution is 2.28. The summed E-state index contributed by atoms with van der Waals surface area (Å²) in [6.07, 6.45) is 0. The Morgan fingerprint density at radius 1 is 1.20 bits per heavy atom. The topological polar surface area (TPSA) is 21.3 Å². The molecule has 0 amide bonds. The summed E-state index contributed by atoms with van der Waals surface area (Å²) in [5, 5.41) is 3.82. The summed E-state index contributed by atoms with van der Waals surface area (Å²) in [5.41, 5.74) is 1.79. The normalized spacial score (nSPS) is 10.6. The third-order valence-electron chi connectivity index (χ3n) is 2.93. The van der Waals surface area contributed by atoms with Crippen molar-refractivity contribution in [3.63, 3.8) is 0 Å². The van der Waals surface area contributed by atoms with Crippen LogP contribution in [0.4, 0.5) is 4.39 Å². The molecule has 2 aromatic rings. The minimum atomic E-state index is -0.368. The van der Waals surface area contributed by atoms with Crippen molar-refractivity contribution in [2.24, 2.45) is 0 Å². The molecule has 2 aromatic carbocycles. The Morgan fingerprint density at radius 2 is 2.00 bits per heavy atom. The fourth-order valence-electron chi connectivity index (χ4n) is 1.81. The van der Waals surface area contributed by atoms with Crippen molar-refractivity contribution in [3.8, 4) is 11.5 Å². The molecule has 2 nitrogen and oxygen atoms in total. The van der Waals surface area contributed by atoms with Gasteiger partial charge in [-0.15, -0.1) is 0 Å². The summed E-state index contributed by atoms with van der Waals surface area (Å²) in [7, 11) is 0. The van der Waals surface area contributed by atoms with E-state index in [2.05, 4.69) is 5.32 Å². The molecule has 4 heteroatoms. The lowest BCUT2D eigenvalue weighted by molar-refractivity contribution is 0.441. The molecular formula is C16H17ClFNO. The summed E-state index contributed by atoms with van der Waals surface area (Å²) in [4.78, 5) is 0. The van der Waals surface area contributed by atoms with Crippen LogP contribution in [0.25, 0.3) is 0 Å². The predicted molar refractivity (Wildman–Crippen MR) is 80.0 cm³/mol. The smallest absolute Gasteiger partial charge is 0.166 e. The van der Waals surface area contributed by atoms with Crippen LogP contribution in [0.15, 0.2) is 36.4 Å². The van der Waals surface area contributed by atoms with Gasteiger partial charge in [-0.05, 0) is 54.9 Å². The van der Waals surface area contributed by atoms with Gasteiger partial charge in [0.1, 0.15) is 5.75 Å². The van der Waals surface area contributed by atoms with Crippen molar-refractivity contribution in [3.05, 3.63) is 58.4 Å². The average molecular weight is 294 g/mol. The second-order valence-corrected chi connectivity index (χ2v) is 4.97. The molecule has 0 unspecified atom stereocenters. The fraction of sp³-hybridized carbons (Fsp3) is 0.250. The highest BCUT2D eigenvalue weighted by atomic mass is 35.5. The Hall–Kier alpha value is -1.58. The van der Waals surface area contributed by atoms with E-state index in [0.717, 1.165) is 17.7 Å². The zero-order valence-corrected chi connectivity index (χ0v) is 12.3. The molecule has 2 rings (SSSR count). The number of halogens is 2. The van der Waals surface area contributed by atoms with E-state index in [0.29, 0.717) is 17.3 Å². The number of hydrogen-bond acceptors (Lipinski definition) is 2. The van der Waals surface area contributed by atoms with Crippen LogP contribution in [0.3, 0.4) is 0 Å². The lowest BCUT2D eigenvalue weighted by Crippen LogP contribution is -2.11. The zero-order chi connectivity index (χ0) is 14.5. The summed E-state index contributed by atoms with van der Waals surface area (Å²) in [5.74, 6) is 0.421. The minimum absolute atomic E-state index is 0.215. The SMILES string of the molecule is CCNCc1ccc(Oc2ccc(Cl)c(C)c2)c(F)c1. The van der Waals surface area contributed by atoms with Gasteiger partial charge in [-0.3, -0.25) is 0 Å². The molecule has 0 radical (unpaired) electrons. The van der Waals surface area contributed by atoms with Gasteiger partial charge in [-0.2, -0.15) is 0 Å². The number of hydrogen-bond donors (Lipinski definition) is 1. The molecule has 20 heavy (non-hydrogen) atoms. The lowest BCUT2D eigenvalue weighted by atomic mass is 10.2. The van der Waals surface area contributed by atoms with Crippen molar-refractivity contribution < 1.29 is 9.13 Å². The molecule has 0 aliphatic rings. The van der Waals surface area contributed by atoms with Crippen molar-refractivity contribution >= 4 is 11.6 Å². The number of aryl methyl sites for hydroxylation is 1. The molecule has 0 spiro atoms. The van der Waals surface area contributed by atoms with Crippen molar-refractivity contribution in [2.75, 3.05) is 6.54 Å². The number of rotatable bonds is 5. The van der Waals surface area contributed by atoms with Gasteiger partial charge in [0.05, 0.1) is 0 Å². The Balaban J connectivity index is 2.14. The monoisotopic (exact) mass is 293 g/mol. The van der Waals surface area contributed by atoms with E-state index < -0.39 is 0 Å². The Morgan fingerprint density at radius 3 is 2.65 bits per heavy atom. The summed E-state index contributed by atoms with van der Waals surface area (Å²) in [6.45, 7) is 5.39. The van der Waals surface area contributed by atoms with Gasteiger partial charge in [0, 0.05) is 11.6 Å². The summed E-state index contributed by atoms with van der Waals surface area (Å²) in [6, 6.07) is 10.2. The van der Waals surface area contributed by atoms with E-state index in [9.17, 15) is 4.39 Å². The fourth-order valence-corrected chi connectivity index (χ4v) is 1.93. The first-order chi connectivity index (χ1) is 9.60. The molecule has 106 valence electrons. The Kier molecular flexibility index (Phi) is 4.99. The van der Waals surface area contributed by atoms with Crippen LogP contribution in [0.2, 0.25) is 5.02 Å². The average Bonchev–Trinajstić information content (AvgIpc) is 2.43. The molecule has 0 heterocycles. The first-order valence-corrected chi connectivity index (χ1v) is 6.91. The molecule has 0 aliphatic carbocycles. The lowest BCUT2D eigenvalue weighted by Gasteiger charge is -2.09. The summed E-state index contributed by atoms with van der Waals surface area (Å²) >= 11 is 5.95. The molecule has 0 saturated heterocycles. The van der Waals surface area contributed by atoms with Crippen molar-refractivity contribution in [2.45, 2.75) is 20.4 Å². The van der Waals surface area contributed by atoms with E-state index in [1.165, 1.54) is 6.07 Å². The molecule has 1 N–H and O–H groups in total. The first-order valence-electron chi connectivity index (χ1n) is 6.53. The van der Waals surface area contributed by atoms with E-state index in [1.807, 2.05) is 19.9 Å². The van der Waals surface area contributed by atoms with Crippen LogP contribution < -0.4 is 10.1 Å². The Labute approximate surface area is 123 Å². The maximum atomic E-state index is 14.0. The van der Waals surface area contributed by atoms with Gasteiger partial charge in [0.2, 0.25) is 0 Å². The van der Waals surface area contributed by atoms with E-state index in [-0.39, 0.29) is 11.6 Å². The second kappa shape index (κ2) is 6.73. The quantitative estimate of drug-likeness (QED) is 0.863. The molecule has 0 aromatic heterocycles. The highest BCUT2D eigenvalue weighted by Gasteiger charge is 2.07. The van der Waals surface area contributed by atoms with Gasteiger partial charge in [-0.25, -0.2) is 4.39 Å². The third-order valence-corrected chi connectivity index (χ3v) is 3.36. The molecule has 0 fully saturated rings. The number of nitrogens with one attached hydrogen (secondary N) is 1. The summed E-state index contributed by atoms with van der Waals surface area (Å²) < 4.78 is 19.5. The number of ether oxygens (including phenoxy) is 1. The maximum absolute atomic E-state index is 14.0. The molecular weight excluding hydrogens is 277 g/mol. The number of benzene rings is 2. The Bertz CT molecular complexity index is 601. The van der Waals surface area contributed by atoms with E-state index in [4.69, 9.17) is 16.3 Å². The zero-order valence-electron chi connectivity index (χ0n) is 11.5. The largest absolute Gasteiger partial charge is 0.454 e. The molecule has 0 aliphatic heterocycles. The van der Waals surface area contributed by atoms with E-state index >= 15 is 0 Å². The van der Waals surface area contributed by atoms with Gasteiger partial charge < -0.3 is 10.1 Å². The predicted octanol–water partition coefficient (Wildman–Crippen LogP) is 4.69. The van der Waals surface area contributed by atoms with Crippen LogP contribution in [-0.4, -0.2) is 6.54 Å². The first kappa shape index (κ1) is 14.8. The van der Waals surface area contributed by atoms with Crippen molar-refractivity contribution in [1.29, 1.82) is 0 Å². The minimum Gasteiger partial charge on any atom is -0.454 e. The van der Waals surface area contributed by atoms with Gasteiger partial charge in [0.15, 0.2) is 11.6 Å². The highest BCUT2D eigenvalue weighted by molar-refractivity contribution is 6.31. The van der Waals surface area contributed by atoms with Gasteiger partial charge in [0.25, 0.3) is 0 Å². The second-order valence-electron chi connectivity index (χ2n) is 4.56. The van der Waals surface area contributed by atoms with E-state index in [1.54, 1.807) is 24.3 Å². The van der Waals surface area contributed by atoms with Crippen LogP contribution in [-0.2, 0) is 6.54 Å². The van der Waals surface area contributed by atoms with Crippen LogP contribution in [0.1, 0.15) is 18.1 Å². The standard InChI is InChI=1S/C16H17ClFNO/c1-3-19-10-12-4-7-16(15(18)9-12)20-13-5-6-14(17)11(2)8-13/h4-9,19H,3,10H2,1-2H3. The van der Waals surface area contributed by atoms with Crippen LogP contribution >= 0.6 is 11.6 Å². The molecule has 0 saturated carbocycles. The van der Waals surface area contributed by atoms with Crippen LogP contribution in [0.5, 0.6) is 11.5 Å². The van der Waals surface area contributed by atoms with Crippen molar-refractivity contribution in [1.82, 2.24) is 5.32 Å².